The van der Waals surface area contributed by atoms with Crippen LogP contribution in [0.1, 0.15) is 6.92 Å². The standard InChI is InChI=1S/C7H8N2O2S2/c1-7(8-4-10,9-5-11)6-12-2-3-13-6/h6H,2-3H2,1H3. The molecule has 1 rings (SSSR count). The van der Waals surface area contributed by atoms with Gasteiger partial charge in [0, 0.05) is 11.5 Å². The van der Waals surface area contributed by atoms with Gasteiger partial charge in [0.15, 0.2) is 5.66 Å². The van der Waals surface area contributed by atoms with Crippen LogP contribution in [0.15, 0.2) is 9.98 Å². The molecule has 0 radical (unpaired) electrons. The highest BCUT2D eigenvalue weighted by molar-refractivity contribution is 8.20. The lowest BCUT2D eigenvalue weighted by atomic mass is 10.3. The number of hydrogen-bond acceptors (Lipinski definition) is 6. The summed E-state index contributed by atoms with van der Waals surface area (Å²) >= 11 is 3.29. The quantitative estimate of drug-likeness (QED) is 0.525. The summed E-state index contributed by atoms with van der Waals surface area (Å²) in [4.78, 5) is 27.4. The fraction of sp³-hybridized carbons (Fsp3) is 0.714. The second kappa shape index (κ2) is 4.63. The Morgan fingerprint density at radius 1 is 1.23 bits per heavy atom. The van der Waals surface area contributed by atoms with E-state index in [1.165, 1.54) is 12.2 Å². The normalized spacial score (nSPS) is 21.3. The van der Waals surface area contributed by atoms with Crippen molar-refractivity contribution in [1.29, 1.82) is 0 Å². The first-order valence-corrected chi connectivity index (χ1v) is 5.74. The molecule has 0 aliphatic carbocycles. The minimum absolute atomic E-state index is 0.0235. The van der Waals surface area contributed by atoms with E-state index in [0.29, 0.717) is 0 Å². The van der Waals surface area contributed by atoms with E-state index in [9.17, 15) is 9.59 Å². The Hall–Kier alpha value is -0.540. The average Bonchev–Trinajstić information content (AvgIpc) is 2.57. The summed E-state index contributed by atoms with van der Waals surface area (Å²) in [6.07, 6.45) is 2.89. The summed E-state index contributed by atoms with van der Waals surface area (Å²) in [6.45, 7) is 1.64. The maximum Gasteiger partial charge on any atom is 0.237 e. The lowest BCUT2D eigenvalue weighted by molar-refractivity contribution is 0.504. The van der Waals surface area contributed by atoms with Gasteiger partial charge in [-0.1, -0.05) is 0 Å². The van der Waals surface area contributed by atoms with Crippen molar-refractivity contribution >= 4 is 35.7 Å². The SMILES string of the molecule is CC(N=C=O)(N=C=O)C1SCCS1. The molecule has 0 atom stereocenters. The van der Waals surface area contributed by atoms with E-state index < -0.39 is 5.66 Å². The predicted molar refractivity (Wildman–Crippen MR) is 53.4 cm³/mol. The summed E-state index contributed by atoms with van der Waals surface area (Å²) in [5.74, 6) is 1.99. The van der Waals surface area contributed by atoms with Crippen LogP contribution in [0.4, 0.5) is 0 Å². The fourth-order valence-corrected chi connectivity index (χ4v) is 3.99. The number of carbonyl (C=O) groups excluding carboxylic acids is 2. The molecule has 70 valence electrons. The third-order valence-electron chi connectivity index (χ3n) is 1.61. The number of isocyanates is 2. The van der Waals surface area contributed by atoms with Gasteiger partial charge in [0.1, 0.15) is 0 Å². The van der Waals surface area contributed by atoms with Gasteiger partial charge in [0.2, 0.25) is 12.2 Å². The molecule has 0 aromatic carbocycles. The number of thioether (sulfide) groups is 2. The minimum Gasteiger partial charge on any atom is -0.211 e. The maximum absolute atomic E-state index is 10.2. The Morgan fingerprint density at radius 2 is 1.69 bits per heavy atom. The van der Waals surface area contributed by atoms with Crippen molar-refractivity contribution in [2.24, 2.45) is 9.98 Å². The van der Waals surface area contributed by atoms with Crippen molar-refractivity contribution in [2.45, 2.75) is 17.2 Å². The van der Waals surface area contributed by atoms with E-state index in [4.69, 9.17) is 0 Å². The Balaban J connectivity index is 2.87. The summed E-state index contributed by atoms with van der Waals surface area (Å²) < 4.78 is 0.0235. The summed E-state index contributed by atoms with van der Waals surface area (Å²) in [7, 11) is 0. The number of rotatable bonds is 3. The van der Waals surface area contributed by atoms with Crippen LogP contribution >= 0.6 is 23.5 Å². The first-order chi connectivity index (χ1) is 6.23. The average molecular weight is 216 g/mol. The van der Waals surface area contributed by atoms with Gasteiger partial charge in [-0.05, 0) is 6.92 Å². The van der Waals surface area contributed by atoms with Crippen LogP contribution in [-0.2, 0) is 9.59 Å². The van der Waals surface area contributed by atoms with E-state index >= 15 is 0 Å². The summed E-state index contributed by atoms with van der Waals surface area (Å²) in [6, 6.07) is 0. The number of hydrogen-bond donors (Lipinski definition) is 0. The molecule has 0 saturated carbocycles. The van der Waals surface area contributed by atoms with Gasteiger partial charge in [0.25, 0.3) is 0 Å². The lowest BCUT2D eigenvalue weighted by Crippen LogP contribution is -2.29. The molecule has 0 unspecified atom stereocenters. The van der Waals surface area contributed by atoms with Gasteiger partial charge in [-0.2, -0.15) is 9.98 Å². The molecule has 0 spiro atoms. The van der Waals surface area contributed by atoms with Gasteiger partial charge >= 0.3 is 0 Å². The smallest absolute Gasteiger partial charge is 0.211 e. The molecule has 0 aromatic rings. The molecule has 1 fully saturated rings. The third-order valence-corrected chi connectivity index (χ3v) is 5.07. The van der Waals surface area contributed by atoms with Crippen LogP contribution < -0.4 is 0 Å². The molecule has 0 N–H and O–H groups in total. The van der Waals surface area contributed by atoms with Crippen molar-refractivity contribution < 1.29 is 9.59 Å². The summed E-state index contributed by atoms with van der Waals surface area (Å²) in [5, 5.41) is 0. The van der Waals surface area contributed by atoms with Gasteiger partial charge in [-0.15, -0.1) is 23.5 Å². The highest BCUT2D eigenvalue weighted by atomic mass is 32.2. The number of nitrogens with zero attached hydrogens (tertiary/aromatic N) is 2. The maximum atomic E-state index is 10.2. The molecule has 1 aliphatic rings. The first kappa shape index (κ1) is 10.5. The van der Waals surface area contributed by atoms with Crippen LogP contribution in [0.25, 0.3) is 0 Å². The van der Waals surface area contributed by atoms with Crippen molar-refractivity contribution in [3.8, 4) is 0 Å². The zero-order valence-electron chi connectivity index (χ0n) is 7.02. The molecule has 0 amide bonds. The Morgan fingerprint density at radius 3 is 2.08 bits per heavy atom. The second-order valence-corrected chi connectivity index (χ2v) is 5.30. The third kappa shape index (κ3) is 2.45. The van der Waals surface area contributed by atoms with Crippen molar-refractivity contribution in [1.82, 2.24) is 0 Å². The van der Waals surface area contributed by atoms with E-state index in [2.05, 4.69) is 9.98 Å². The molecule has 1 heterocycles. The van der Waals surface area contributed by atoms with E-state index in [0.717, 1.165) is 11.5 Å². The van der Waals surface area contributed by atoms with Crippen LogP contribution in [0.2, 0.25) is 0 Å². The highest BCUT2D eigenvalue weighted by Crippen LogP contribution is 2.41. The largest absolute Gasteiger partial charge is 0.237 e. The highest BCUT2D eigenvalue weighted by Gasteiger charge is 2.37. The van der Waals surface area contributed by atoms with E-state index in [1.807, 2.05) is 0 Å². The molecule has 4 nitrogen and oxygen atoms in total. The molecular weight excluding hydrogens is 208 g/mol. The van der Waals surface area contributed by atoms with Crippen molar-refractivity contribution in [3.05, 3.63) is 0 Å². The second-order valence-electron chi connectivity index (χ2n) is 2.57. The monoisotopic (exact) mass is 216 g/mol. The molecule has 0 aromatic heterocycles. The molecule has 6 heteroatoms. The van der Waals surface area contributed by atoms with E-state index in [-0.39, 0.29) is 4.58 Å². The lowest BCUT2D eigenvalue weighted by Gasteiger charge is -2.21. The first-order valence-electron chi connectivity index (χ1n) is 3.64. The molecule has 13 heavy (non-hydrogen) atoms. The van der Waals surface area contributed by atoms with Crippen LogP contribution in [0, 0.1) is 0 Å². The van der Waals surface area contributed by atoms with E-state index in [1.54, 1.807) is 30.4 Å². The zero-order chi connectivity index (χ0) is 9.73. The molecule has 1 aliphatic heterocycles. The van der Waals surface area contributed by atoms with Crippen molar-refractivity contribution in [3.63, 3.8) is 0 Å². The molecule has 0 bridgehead atoms. The van der Waals surface area contributed by atoms with Crippen LogP contribution in [0.3, 0.4) is 0 Å². The molecular formula is C7H8N2O2S2. The topological polar surface area (TPSA) is 58.9 Å². The zero-order valence-corrected chi connectivity index (χ0v) is 8.65. The van der Waals surface area contributed by atoms with Crippen LogP contribution in [0.5, 0.6) is 0 Å². The summed E-state index contributed by atoms with van der Waals surface area (Å²) in [5.41, 5.74) is -0.991. The van der Waals surface area contributed by atoms with Gasteiger partial charge in [-0.3, -0.25) is 0 Å². The predicted octanol–water partition coefficient (Wildman–Crippen LogP) is 1.18. The fourth-order valence-electron chi connectivity index (χ4n) is 0.989. The molecule has 1 saturated heterocycles. The number of aliphatic imine (C=N–C) groups is 2. The van der Waals surface area contributed by atoms with Crippen molar-refractivity contribution in [2.75, 3.05) is 11.5 Å². The van der Waals surface area contributed by atoms with Gasteiger partial charge in [-0.25, -0.2) is 9.59 Å². The van der Waals surface area contributed by atoms with Gasteiger partial charge in [0.05, 0.1) is 4.58 Å². The van der Waals surface area contributed by atoms with Gasteiger partial charge < -0.3 is 0 Å². The minimum atomic E-state index is -0.991. The Labute approximate surface area is 84.3 Å². The van der Waals surface area contributed by atoms with Crippen LogP contribution in [-0.4, -0.2) is 33.9 Å². The Kier molecular flexibility index (Phi) is 3.75. The Bertz CT molecular complexity index is 258.